The van der Waals surface area contributed by atoms with Gasteiger partial charge < -0.3 is 14.1 Å². The maximum absolute atomic E-state index is 12.1. The average molecular weight is 439 g/mol. The van der Waals surface area contributed by atoms with Gasteiger partial charge in [0.1, 0.15) is 23.9 Å². The van der Waals surface area contributed by atoms with Crippen molar-refractivity contribution in [1.82, 2.24) is 9.88 Å². The summed E-state index contributed by atoms with van der Waals surface area (Å²) >= 11 is 0. The lowest BCUT2D eigenvalue weighted by Crippen LogP contribution is -2.19. The molecule has 0 atom stereocenters. The van der Waals surface area contributed by atoms with E-state index in [1.165, 1.54) is 0 Å². The van der Waals surface area contributed by atoms with Gasteiger partial charge in [-0.05, 0) is 74.1 Å². The molecule has 1 aliphatic rings. The smallest absolute Gasteiger partial charge is 0.163 e. The molecule has 166 valence electrons. The Kier molecular flexibility index (Phi) is 5.80. The van der Waals surface area contributed by atoms with Gasteiger partial charge in [0.2, 0.25) is 0 Å². The molecule has 0 bridgehead atoms. The van der Waals surface area contributed by atoms with Crippen molar-refractivity contribution in [2.24, 2.45) is 0 Å². The third kappa shape index (κ3) is 4.45. The second-order valence-electron chi connectivity index (χ2n) is 8.56. The molecule has 0 radical (unpaired) electrons. The van der Waals surface area contributed by atoms with Crippen molar-refractivity contribution < 1.29 is 13.9 Å². The number of nitrogens with zero attached hydrogens (tertiary/aromatic N) is 2. The number of aromatic nitrogens is 1. The van der Waals surface area contributed by atoms with Crippen LogP contribution in [0.3, 0.4) is 0 Å². The van der Waals surface area contributed by atoms with Gasteiger partial charge in [0.05, 0.1) is 0 Å². The molecule has 2 aromatic carbocycles. The molecule has 0 spiro atoms. The SMILES string of the molecule is CN(C)CCOc1ccc(-c2cc(-c3ccc4c(c3)CCC4=O)c(-c3ccncc3)o2)cc1. The number of Topliss-reactive ketones (excluding diaryl/α,β-unsaturated/α-hetero) is 1. The molecule has 0 amide bonds. The monoisotopic (exact) mass is 438 g/mol. The van der Waals surface area contributed by atoms with E-state index in [0.717, 1.165) is 63.6 Å². The number of hydrogen-bond acceptors (Lipinski definition) is 5. The number of fused-ring (bicyclic) bond motifs is 1. The number of rotatable bonds is 7. The second-order valence-corrected chi connectivity index (χ2v) is 8.56. The number of aryl methyl sites for hydroxylation is 1. The lowest BCUT2D eigenvalue weighted by Gasteiger charge is -2.11. The predicted molar refractivity (Wildman–Crippen MR) is 130 cm³/mol. The first-order valence-electron chi connectivity index (χ1n) is 11.2. The summed E-state index contributed by atoms with van der Waals surface area (Å²) in [5.41, 5.74) is 5.95. The summed E-state index contributed by atoms with van der Waals surface area (Å²) in [5, 5.41) is 0. The van der Waals surface area contributed by atoms with E-state index in [1.807, 2.05) is 62.6 Å². The van der Waals surface area contributed by atoms with Crippen molar-refractivity contribution in [1.29, 1.82) is 0 Å². The molecular formula is C28H26N2O3. The molecule has 1 aliphatic carbocycles. The van der Waals surface area contributed by atoms with E-state index >= 15 is 0 Å². The molecule has 5 nitrogen and oxygen atoms in total. The third-order valence-electron chi connectivity index (χ3n) is 5.96. The van der Waals surface area contributed by atoms with Gasteiger partial charge >= 0.3 is 0 Å². The number of likely N-dealkylation sites (N-methyl/N-ethyl adjacent to an activating group) is 1. The Morgan fingerprint density at radius 2 is 1.64 bits per heavy atom. The van der Waals surface area contributed by atoms with E-state index in [1.54, 1.807) is 12.4 Å². The standard InChI is InChI=1S/C28H26N2O3/c1-30(2)15-16-32-23-7-3-19(4-8-23)27-18-25(28(33-27)20-11-13-29-14-12-20)22-5-9-24-21(17-22)6-10-26(24)31/h3-5,7-9,11-14,17-18H,6,10,15-16H2,1-2H3. The molecule has 0 saturated heterocycles. The molecule has 2 aromatic heterocycles. The van der Waals surface area contributed by atoms with Gasteiger partial charge in [-0.2, -0.15) is 0 Å². The zero-order valence-electron chi connectivity index (χ0n) is 18.9. The lowest BCUT2D eigenvalue weighted by molar-refractivity contribution is 0.0994. The Bertz CT molecular complexity index is 1270. The fourth-order valence-corrected chi connectivity index (χ4v) is 4.15. The number of carbonyl (C=O) groups is 1. The van der Waals surface area contributed by atoms with Crippen LogP contribution in [-0.4, -0.2) is 42.9 Å². The van der Waals surface area contributed by atoms with Crippen molar-refractivity contribution in [2.45, 2.75) is 12.8 Å². The first-order valence-corrected chi connectivity index (χ1v) is 11.2. The van der Waals surface area contributed by atoms with Crippen molar-refractivity contribution in [3.05, 3.63) is 84.2 Å². The van der Waals surface area contributed by atoms with E-state index in [9.17, 15) is 4.79 Å². The molecule has 0 unspecified atom stereocenters. The van der Waals surface area contributed by atoms with Crippen LogP contribution < -0.4 is 4.74 Å². The minimum atomic E-state index is 0.228. The fourth-order valence-electron chi connectivity index (χ4n) is 4.15. The number of ether oxygens (including phenoxy) is 1. The highest BCUT2D eigenvalue weighted by Crippen LogP contribution is 2.40. The minimum absolute atomic E-state index is 0.228. The number of carbonyl (C=O) groups excluding carboxylic acids is 1. The highest BCUT2D eigenvalue weighted by Gasteiger charge is 2.22. The summed E-state index contributed by atoms with van der Waals surface area (Å²) in [7, 11) is 4.06. The lowest BCUT2D eigenvalue weighted by atomic mass is 9.98. The Morgan fingerprint density at radius 3 is 2.39 bits per heavy atom. The van der Waals surface area contributed by atoms with Gasteiger partial charge in [-0.25, -0.2) is 0 Å². The molecule has 0 N–H and O–H groups in total. The van der Waals surface area contributed by atoms with Crippen molar-refractivity contribution in [3.8, 4) is 39.5 Å². The largest absolute Gasteiger partial charge is 0.492 e. The summed E-state index contributed by atoms with van der Waals surface area (Å²) in [6.07, 6.45) is 4.92. The predicted octanol–water partition coefficient (Wildman–Crippen LogP) is 5.74. The summed E-state index contributed by atoms with van der Waals surface area (Å²) < 4.78 is 12.2. The Balaban J connectivity index is 1.50. The molecule has 4 aromatic rings. The van der Waals surface area contributed by atoms with Gasteiger partial charge in [-0.1, -0.05) is 18.2 Å². The Labute approximate surface area is 193 Å². The molecule has 2 heterocycles. The number of benzene rings is 2. The van der Waals surface area contributed by atoms with Crippen LogP contribution >= 0.6 is 0 Å². The molecule has 0 aliphatic heterocycles. The zero-order valence-corrected chi connectivity index (χ0v) is 18.9. The van der Waals surface area contributed by atoms with Gasteiger partial charge in [0.25, 0.3) is 0 Å². The number of furan rings is 1. The van der Waals surface area contributed by atoms with Gasteiger partial charge in [0.15, 0.2) is 5.78 Å². The normalized spacial score (nSPS) is 12.9. The number of pyridine rings is 1. The molecule has 0 fully saturated rings. The van der Waals surface area contributed by atoms with Gasteiger partial charge in [-0.15, -0.1) is 0 Å². The summed E-state index contributed by atoms with van der Waals surface area (Å²) in [6, 6.07) is 20.1. The first kappa shape index (κ1) is 21.2. The first-order chi connectivity index (χ1) is 16.1. The second kappa shape index (κ2) is 9.04. The molecule has 0 saturated carbocycles. The molecular weight excluding hydrogens is 412 g/mol. The maximum Gasteiger partial charge on any atom is 0.163 e. The van der Waals surface area contributed by atoms with E-state index in [0.29, 0.717) is 13.0 Å². The summed E-state index contributed by atoms with van der Waals surface area (Å²) in [4.78, 5) is 18.3. The van der Waals surface area contributed by atoms with E-state index in [2.05, 4.69) is 22.0 Å². The average Bonchev–Trinajstić information content (AvgIpc) is 3.44. The molecule has 5 heteroatoms. The minimum Gasteiger partial charge on any atom is -0.492 e. The molecule has 5 rings (SSSR count). The fraction of sp³-hybridized carbons (Fsp3) is 0.214. The van der Waals surface area contributed by atoms with Crippen LogP contribution in [0.1, 0.15) is 22.3 Å². The highest BCUT2D eigenvalue weighted by molar-refractivity contribution is 6.01. The van der Waals surface area contributed by atoms with E-state index < -0.39 is 0 Å². The van der Waals surface area contributed by atoms with Crippen LogP contribution in [0.4, 0.5) is 0 Å². The van der Waals surface area contributed by atoms with Crippen LogP contribution in [0, 0.1) is 0 Å². The zero-order chi connectivity index (χ0) is 22.8. The van der Waals surface area contributed by atoms with Crippen LogP contribution in [0.25, 0.3) is 33.8 Å². The quantitative estimate of drug-likeness (QED) is 0.368. The highest BCUT2D eigenvalue weighted by atomic mass is 16.5. The van der Waals surface area contributed by atoms with Crippen LogP contribution in [0.5, 0.6) is 5.75 Å². The van der Waals surface area contributed by atoms with Crippen molar-refractivity contribution in [3.63, 3.8) is 0 Å². The number of hydrogen-bond donors (Lipinski definition) is 0. The van der Waals surface area contributed by atoms with Crippen molar-refractivity contribution >= 4 is 5.78 Å². The Hall–Kier alpha value is -3.70. The van der Waals surface area contributed by atoms with Crippen LogP contribution in [-0.2, 0) is 6.42 Å². The third-order valence-corrected chi connectivity index (χ3v) is 5.96. The summed E-state index contributed by atoms with van der Waals surface area (Å²) in [6.45, 7) is 1.51. The van der Waals surface area contributed by atoms with Crippen LogP contribution in [0.15, 0.2) is 77.5 Å². The Morgan fingerprint density at radius 1 is 0.879 bits per heavy atom. The van der Waals surface area contributed by atoms with E-state index in [-0.39, 0.29) is 5.78 Å². The molecule has 33 heavy (non-hydrogen) atoms. The maximum atomic E-state index is 12.1. The topological polar surface area (TPSA) is 55.6 Å². The van der Waals surface area contributed by atoms with E-state index in [4.69, 9.17) is 9.15 Å². The van der Waals surface area contributed by atoms with Gasteiger partial charge in [0, 0.05) is 47.6 Å². The van der Waals surface area contributed by atoms with Crippen molar-refractivity contribution in [2.75, 3.05) is 27.2 Å². The summed E-state index contributed by atoms with van der Waals surface area (Å²) in [5.74, 6) is 2.65. The van der Waals surface area contributed by atoms with Gasteiger partial charge in [-0.3, -0.25) is 9.78 Å². The van der Waals surface area contributed by atoms with Crippen LogP contribution in [0.2, 0.25) is 0 Å². The number of ketones is 1.